The van der Waals surface area contributed by atoms with Crippen molar-refractivity contribution in [2.24, 2.45) is 5.10 Å². The van der Waals surface area contributed by atoms with Crippen LogP contribution >= 0.6 is 11.6 Å². The lowest BCUT2D eigenvalue weighted by Crippen LogP contribution is -2.18. The first kappa shape index (κ1) is 23.1. The summed E-state index contributed by atoms with van der Waals surface area (Å²) in [7, 11) is 3.96. The number of amides is 1. The Labute approximate surface area is 203 Å². The van der Waals surface area contributed by atoms with Crippen LogP contribution in [0, 0.1) is 0 Å². The van der Waals surface area contributed by atoms with Crippen molar-refractivity contribution in [2.75, 3.05) is 19.0 Å². The number of aromatic amines is 1. The zero-order valence-corrected chi connectivity index (χ0v) is 19.6. The summed E-state index contributed by atoms with van der Waals surface area (Å²) in [6, 6.07) is 24.6. The van der Waals surface area contributed by atoms with Crippen molar-refractivity contribution < 1.29 is 9.53 Å². The molecule has 34 heavy (non-hydrogen) atoms. The van der Waals surface area contributed by atoms with Crippen molar-refractivity contribution in [3.8, 4) is 17.0 Å². The smallest absolute Gasteiger partial charge is 0.289 e. The van der Waals surface area contributed by atoms with E-state index in [4.69, 9.17) is 16.3 Å². The summed E-state index contributed by atoms with van der Waals surface area (Å²) in [5.74, 6) is 0.321. The highest BCUT2D eigenvalue weighted by atomic mass is 35.5. The van der Waals surface area contributed by atoms with Gasteiger partial charge in [-0.15, -0.1) is 0 Å². The first-order valence-corrected chi connectivity index (χ1v) is 11.0. The van der Waals surface area contributed by atoms with Crippen LogP contribution < -0.4 is 15.1 Å². The van der Waals surface area contributed by atoms with Crippen molar-refractivity contribution in [3.63, 3.8) is 0 Å². The molecule has 8 heteroatoms. The number of nitrogens with zero attached hydrogens (tertiary/aromatic N) is 3. The standard InChI is InChI=1S/C26H24ClN5O2/c1-32(2)22-12-8-18(9-13-22)16-28-31-26(33)25-15-24(29-30-25)20-4-3-5-23(14-20)34-17-19-6-10-21(27)11-7-19/h3-16H,17H2,1-2H3,(H,29,30)(H,31,33)/b28-16-. The van der Waals surface area contributed by atoms with E-state index in [1.54, 1.807) is 12.3 Å². The van der Waals surface area contributed by atoms with E-state index in [-0.39, 0.29) is 5.91 Å². The van der Waals surface area contributed by atoms with E-state index in [9.17, 15) is 4.79 Å². The minimum absolute atomic E-state index is 0.308. The first-order valence-electron chi connectivity index (χ1n) is 10.6. The maximum Gasteiger partial charge on any atom is 0.289 e. The van der Waals surface area contributed by atoms with Crippen molar-refractivity contribution in [2.45, 2.75) is 6.61 Å². The van der Waals surface area contributed by atoms with Gasteiger partial charge in [-0.25, -0.2) is 5.43 Å². The minimum Gasteiger partial charge on any atom is -0.489 e. The summed E-state index contributed by atoms with van der Waals surface area (Å²) in [4.78, 5) is 14.5. The van der Waals surface area contributed by atoms with E-state index in [2.05, 4.69) is 20.7 Å². The van der Waals surface area contributed by atoms with E-state index in [0.29, 0.717) is 28.8 Å². The maximum atomic E-state index is 12.4. The van der Waals surface area contributed by atoms with Crippen LogP contribution in [-0.2, 0) is 6.61 Å². The molecular formula is C26H24ClN5O2. The van der Waals surface area contributed by atoms with Crippen molar-refractivity contribution in [1.82, 2.24) is 15.6 Å². The van der Waals surface area contributed by atoms with Gasteiger partial charge in [0.2, 0.25) is 0 Å². The number of hydrogen-bond acceptors (Lipinski definition) is 5. The molecule has 1 amide bonds. The summed E-state index contributed by atoms with van der Waals surface area (Å²) in [6.07, 6.45) is 1.59. The van der Waals surface area contributed by atoms with Crippen molar-refractivity contribution >= 4 is 29.4 Å². The first-order chi connectivity index (χ1) is 16.5. The third-order valence-electron chi connectivity index (χ3n) is 5.06. The molecule has 0 fully saturated rings. The second kappa shape index (κ2) is 10.7. The minimum atomic E-state index is -0.380. The molecule has 0 radical (unpaired) electrons. The number of rotatable bonds is 8. The lowest BCUT2D eigenvalue weighted by Gasteiger charge is -2.11. The number of carbonyl (C=O) groups is 1. The van der Waals surface area contributed by atoms with Crippen LogP contribution in [0.2, 0.25) is 5.02 Å². The largest absolute Gasteiger partial charge is 0.489 e. The van der Waals surface area contributed by atoms with E-state index in [1.807, 2.05) is 91.8 Å². The molecule has 0 aliphatic rings. The average molecular weight is 474 g/mol. The summed E-state index contributed by atoms with van der Waals surface area (Å²) in [5.41, 5.74) is 7.27. The molecule has 4 rings (SSSR count). The van der Waals surface area contributed by atoms with Crippen LogP contribution in [0.1, 0.15) is 21.6 Å². The summed E-state index contributed by atoms with van der Waals surface area (Å²) >= 11 is 5.92. The van der Waals surface area contributed by atoms with Crippen molar-refractivity contribution in [3.05, 3.63) is 101 Å². The average Bonchev–Trinajstić information content (AvgIpc) is 3.35. The number of carbonyl (C=O) groups excluding carboxylic acids is 1. The Kier molecular flexibility index (Phi) is 7.25. The van der Waals surface area contributed by atoms with E-state index in [1.165, 1.54) is 0 Å². The third kappa shape index (κ3) is 6.02. The van der Waals surface area contributed by atoms with Gasteiger partial charge in [-0.2, -0.15) is 10.2 Å². The fourth-order valence-electron chi connectivity index (χ4n) is 3.16. The van der Waals surface area contributed by atoms with E-state index in [0.717, 1.165) is 22.4 Å². The van der Waals surface area contributed by atoms with Gasteiger partial charge in [-0.05, 0) is 53.6 Å². The SMILES string of the molecule is CN(C)c1ccc(/C=N\NC(=O)c2cc(-c3cccc(OCc4ccc(Cl)cc4)c3)n[nH]2)cc1. The molecule has 0 atom stereocenters. The summed E-state index contributed by atoms with van der Waals surface area (Å²) in [5, 5.41) is 11.7. The van der Waals surface area contributed by atoms with Crippen LogP contribution in [0.25, 0.3) is 11.3 Å². The number of hydrogen-bond donors (Lipinski definition) is 2. The van der Waals surface area contributed by atoms with Gasteiger partial charge in [-0.3, -0.25) is 9.89 Å². The number of benzene rings is 3. The van der Waals surface area contributed by atoms with Gasteiger partial charge in [-0.1, -0.05) is 48.0 Å². The Morgan fingerprint density at radius 2 is 1.85 bits per heavy atom. The fourth-order valence-corrected chi connectivity index (χ4v) is 3.29. The predicted octanol–water partition coefficient (Wildman–Crippen LogP) is 5.14. The number of ether oxygens (including phenoxy) is 1. The number of nitrogens with one attached hydrogen (secondary N) is 2. The van der Waals surface area contributed by atoms with Gasteiger partial charge < -0.3 is 9.64 Å². The molecule has 0 spiro atoms. The Hall–Kier alpha value is -4.10. The van der Waals surface area contributed by atoms with Gasteiger partial charge in [0.05, 0.1) is 11.9 Å². The van der Waals surface area contributed by atoms with Gasteiger partial charge in [0.1, 0.15) is 18.1 Å². The molecule has 1 aromatic heterocycles. The number of halogens is 1. The molecule has 0 aliphatic carbocycles. The van der Waals surface area contributed by atoms with Gasteiger partial charge >= 0.3 is 0 Å². The molecule has 2 N–H and O–H groups in total. The highest BCUT2D eigenvalue weighted by Crippen LogP contribution is 2.24. The van der Waals surface area contributed by atoms with Crippen LogP contribution in [0.4, 0.5) is 5.69 Å². The predicted molar refractivity (Wildman–Crippen MR) is 136 cm³/mol. The Balaban J connectivity index is 1.36. The second-order valence-electron chi connectivity index (χ2n) is 7.79. The van der Waals surface area contributed by atoms with Gasteiger partial charge in [0, 0.05) is 30.4 Å². The molecule has 0 aliphatic heterocycles. The van der Waals surface area contributed by atoms with Gasteiger partial charge in [0.15, 0.2) is 0 Å². The zero-order chi connectivity index (χ0) is 23.9. The van der Waals surface area contributed by atoms with Gasteiger partial charge in [0.25, 0.3) is 5.91 Å². The number of anilines is 1. The quantitative estimate of drug-likeness (QED) is 0.274. The van der Waals surface area contributed by atoms with Crippen LogP contribution in [0.5, 0.6) is 5.75 Å². The molecule has 0 saturated carbocycles. The lowest BCUT2D eigenvalue weighted by atomic mass is 10.1. The molecule has 7 nitrogen and oxygen atoms in total. The van der Waals surface area contributed by atoms with Crippen LogP contribution in [-0.4, -0.2) is 36.4 Å². The topological polar surface area (TPSA) is 82.6 Å². The van der Waals surface area contributed by atoms with Crippen LogP contribution in [0.3, 0.4) is 0 Å². The summed E-state index contributed by atoms with van der Waals surface area (Å²) in [6.45, 7) is 0.421. The second-order valence-corrected chi connectivity index (χ2v) is 8.23. The van der Waals surface area contributed by atoms with Crippen LogP contribution in [0.15, 0.2) is 84.0 Å². The molecule has 0 bridgehead atoms. The zero-order valence-electron chi connectivity index (χ0n) is 18.8. The Bertz CT molecular complexity index is 1280. The Morgan fingerprint density at radius 3 is 2.59 bits per heavy atom. The Morgan fingerprint density at radius 1 is 1.09 bits per heavy atom. The molecule has 0 saturated heterocycles. The normalized spacial score (nSPS) is 10.9. The van der Waals surface area contributed by atoms with E-state index >= 15 is 0 Å². The lowest BCUT2D eigenvalue weighted by molar-refractivity contribution is 0.0950. The molecular weight excluding hydrogens is 450 g/mol. The molecule has 172 valence electrons. The number of hydrazone groups is 1. The highest BCUT2D eigenvalue weighted by Gasteiger charge is 2.11. The fraction of sp³-hybridized carbons (Fsp3) is 0.115. The maximum absolute atomic E-state index is 12.4. The molecule has 1 heterocycles. The number of H-pyrrole nitrogens is 1. The third-order valence-corrected chi connectivity index (χ3v) is 5.31. The number of aromatic nitrogens is 2. The molecule has 3 aromatic carbocycles. The van der Waals surface area contributed by atoms with Crippen molar-refractivity contribution in [1.29, 1.82) is 0 Å². The summed E-state index contributed by atoms with van der Waals surface area (Å²) < 4.78 is 5.88. The molecule has 4 aromatic rings. The van der Waals surface area contributed by atoms with E-state index < -0.39 is 0 Å². The molecule has 0 unspecified atom stereocenters. The highest BCUT2D eigenvalue weighted by molar-refractivity contribution is 6.30. The monoisotopic (exact) mass is 473 g/mol.